The number of aliphatic carboxylic acids is 2. The molecule has 0 spiro atoms. The lowest BCUT2D eigenvalue weighted by molar-refractivity contribution is -0.626. The summed E-state index contributed by atoms with van der Waals surface area (Å²) in [6.07, 6.45) is 9.96. The first-order chi connectivity index (χ1) is 25.2. The summed E-state index contributed by atoms with van der Waals surface area (Å²) in [5.41, 5.74) is 0. The molecule has 0 aliphatic rings. The average Bonchev–Trinajstić information content (AvgIpc) is 3.10. The Morgan fingerprint density at radius 1 is 0.610 bits per heavy atom. The second kappa shape index (κ2) is 72.7. The monoisotopic (exact) mass is 865 g/mol. The zero-order valence-electron chi connectivity index (χ0n) is 35.0. The number of carbonyl (C=O) groups excluding carboxylic acids is 4. The van der Waals surface area contributed by atoms with Gasteiger partial charge in [0.15, 0.2) is 0 Å². The van der Waals surface area contributed by atoms with Crippen LogP contribution in [0.2, 0.25) is 0 Å². The van der Waals surface area contributed by atoms with Gasteiger partial charge in [-0.2, -0.15) is 0 Å². The summed E-state index contributed by atoms with van der Waals surface area (Å²) in [4.78, 5) is 57.1. The molecule has 0 saturated carbocycles. The number of nitrogens with one attached hydrogen (secondary N) is 1. The number of ether oxygens (including phenoxy) is 3. The number of nitrogens with zero attached hydrogens (tertiary/aromatic N) is 2. The number of carboxylic acid groups (broad SMARTS) is 2. The number of esters is 3. The molecule has 0 amide bonds. The van der Waals surface area contributed by atoms with Crippen LogP contribution in [-0.2, 0) is 38.2 Å². The van der Waals surface area contributed by atoms with E-state index in [0.717, 1.165) is 45.3 Å². The Kier molecular flexibility index (Phi) is 103. The minimum Gasteiger partial charge on any atom is -0.550 e. The van der Waals surface area contributed by atoms with Gasteiger partial charge in [0.2, 0.25) is 0 Å². The number of aliphatic hydroxyl groups is 1. The van der Waals surface area contributed by atoms with E-state index in [-0.39, 0.29) is 95.1 Å². The number of rotatable bonds is 28. The van der Waals surface area contributed by atoms with Crippen LogP contribution in [-0.4, -0.2) is 144 Å². The lowest BCUT2D eigenvalue weighted by Crippen LogP contribution is -2.79. The van der Waals surface area contributed by atoms with Gasteiger partial charge in [0, 0.05) is 39.0 Å². The summed E-state index contributed by atoms with van der Waals surface area (Å²) in [7, 11) is 7.95. The predicted octanol–water partition coefficient (Wildman–Crippen LogP) is 6.04. The fourth-order valence-corrected chi connectivity index (χ4v) is 3.87. The van der Waals surface area contributed by atoms with Gasteiger partial charge in [-0.1, -0.05) is 78.7 Å². The van der Waals surface area contributed by atoms with Crippen molar-refractivity contribution in [3.8, 4) is 0 Å². The van der Waals surface area contributed by atoms with E-state index in [2.05, 4.69) is 55.0 Å². The van der Waals surface area contributed by atoms with Crippen molar-refractivity contribution in [3.63, 3.8) is 0 Å². The zero-order valence-corrected chi connectivity index (χ0v) is 35.0. The minimum atomic E-state index is -1.03. The Bertz CT molecular complexity index is 796. The van der Waals surface area contributed by atoms with Crippen molar-refractivity contribution < 1.29 is 58.8 Å². The first-order valence-corrected chi connectivity index (χ1v) is 19.5. The van der Waals surface area contributed by atoms with Crippen LogP contribution >= 0.6 is 0 Å². The molecule has 15 heteroatoms. The van der Waals surface area contributed by atoms with Crippen LogP contribution in [0.4, 0.5) is 0 Å². The molecule has 0 bridgehead atoms. The average molecular weight is 865 g/mol. The van der Waals surface area contributed by atoms with Gasteiger partial charge < -0.3 is 54.8 Å². The second-order valence-electron chi connectivity index (χ2n) is 12.3. The van der Waals surface area contributed by atoms with Crippen molar-refractivity contribution in [2.45, 2.75) is 169 Å². The molecular formula is C44H104N4O11. The molecule has 0 aromatic heterocycles. The Hall–Kier alpha value is -2.85. The van der Waals surface area contributed by atoms with Crippen molar-refractivity contribution >= 4 is 29.8 Å². The summed E-state index contributed by atoms with van der Waals surface area (Å²) in [6, 6.07) is 0. The molecule has 15 nitrogen and oxygen atoms in total. The number of aliphatic hydroxyl groups excluding tert-OH is 1. The smallest absolute Gasteiger partial charge is 0.307 e. The highest BCUT2D eigenvalue weighted by Crippen LogP contribution is 2.01. The number of hydrogen-bond acceptors (Lipinski definition) is 13. The third-order valence-corrected chi connectivity index (χ3v) is 6.67. The Morgan fingerprint density at radius 3 is 1.41 bits per heavy atom. The molecular weight excluding hydrogens is 761 g/mol. The molecule has 0 heterocycles. The van der Waals surface area contributed by atoms with E-state index < -0.39 is 11.9 Å². The first kappa shape index (κ1) is 83.8. The van der Waals surface area contributed by atoms with E-state index in [1.54, 1.807) is 0 Å². The van der Waals surface area contributed by atoms with Crippen LogP contribution in [0, 0.1) is 0 Å². The van der Waals surface area contributed by atoms with E-state index >= 15 is 0 Å². The van der Waals surface area contributed by atoms with Gasteiger partial charge >= 0.3 is 23.9 Å². The highest BCUT2D eigenvalue weighted by molar-refractivity contribution is 5.70. The molecule has 0 atom stereocenters. The summed E-state index contributed by atoms with van der Waals surface area (Å²) in [5, 5.41) is 32.0. The third-order valence-electron chi connectivity index (χ3n) is 6.67. The first-order valence-electron chi connectivity index (χ1n) is 19.5. The van der Waals surface area contributed by atoms with Gasteiger partial charge in [-0.3, -0.25) is 19.2 Å². The van der Waals surface area contributed by atoms with Gasteiger partial charge in [-0.15, -0.1) is 0 Å². The van der Waals surface area contributed by atoms with Crippen LogP contribution < -0.4 is 15.7 Å². The molecule has 0 aromatic carbocycles. The molecule has 0 fully saturated rings. The Labute approximate surface area is 366 Å². The molecule has 0 aliphatic heterocycles. The molecule has 59 heavy (non-hydrogen) atoms. The van der Waals surface area contributed by atoms with Gasteiger partial charge in [-0.25, -0.2) is 0 Å². The van der Waals surface area contributed by atoms with E-state index in [1.165, 1.54) is 26.3 Å². The van der Waals surface area contributed by atoms with Crippen molar-refractivity contribution in [2.24, 2.45) is 0 Å². The maximum absolute atomic E-state index is 11.4. The van der Waals surface area contributed by atoms with E-state index in [1.807, 2.05) is 26.0 Å². The van der Waals surface area contributed by atoms with E-state index in [9.17, 15) is 29.1 Å². The lowest BCUT2D eigenvalue weighted by atomic mass is 10.2. The van der Waals surface area contributed by atoms with Crippen molar-refractivity contribution in [2.75, 3.05) is 93.9 Å². The number of unbranched alkanes of at least 4 members (excludes halogenated alkanes) is 4. The molecule has 5 N–H and O–H groups in total. The van der Waals surface area contributed by atoms with Gasteiger partial charge in [0.05, 0.1) is 33.0 Å². The highest BCUT2D eigenvalue weighted by atomic mass is 16.6. The number of carbonyl (C=O) groups is 5. The summed E-state index contributed by atoms with van der Waals surface area (Å²) in [6.45, 7) is 16.3. The molecule has 0 aliphatic carbocycles. The topological polar surface area (TPSA) is 212 Å². The van der Waals surface area contributed by atoms with Crippen molar-refractivity contribution in [3.05, 3.63) is 0 Å². The number of hydrogen-bond donors (Lipinski definition) is 4. The maximum Gasteiger partial charge on any atom is 0.307 e. The standard InChI is InChI=1S/C15H29NO5.C8H14O4.C7H15NO2.2C4H11N.6CH4/c1-3-9-16(2)10-8-15(19)21-13-12-20-14(18)7-5-4-6-11-17;1-7(9)12-6-4-2-3-5-8(10)11;1-3-5-8(2)6-4-7(9)10;2*1-3-4-5-2;;;;;;/h17H,3-13H2,1-2H3;2-6H2,1H3,(H,10,11);3-6H2,1-2H3,(H,9,10);2*5H,3-4H2,1-2H3;6*1H4. The lowest BCUT2D eigenvalue weighted by Gasteiger charge is -2.14. The SMILES string of the molecule is C.C.C.C.C.C.CC(=O)OCCCCCC(=O)[O-].CCCN(C)CCC(=O)O.CCCN(C)CCC(=O)OCCOC(=O)CCCCCO.CCCNC.CCC[NH2+]C. The molecule has 0 saturated heterocycles. The Balaban J connectivity index is -0.0000000582. The minimum absolute atomic E-state index is 0. The van der Waals surface area contributed by atoms with Gasteiger partial charge in [-0.05, 0) is 105 Å². The Morgan fingerprint density at radius 2 is 1.07 bits per heavy atom. The van der Waals surface area contributed by atoms with Crippen molar-refractivity contribution in [1.29, 1.82) is 0 Å². The van der Waals surface area contributed by atoms with Gasteiger partial charge in [0.1, 0.15) is 13.2 Å². The van der Waals surface area contributed by atoms with E-state index in [4.69, 9.17) is 19.7 Å². The summed E-state index contributed by atoms with van der Waals surface area (Å²) in [5.74, 6) is -2.59. The maximum atomic E-state index is 11.4. The normalized spacial score (nSPS) is 8.88. The summed E-state index contributed by atoms with van der Waals surface area (Å²) < 4.78 is 14.6. The van der Waals surface area contributed by atoms with Crippen molar-refractivity contribution in [1.82, 2.24) is 15.1 Å². The van der Waals surface area contributed by atoms with Crippen LogP contribution in [0.15, 0.2) is 0 Å². The fourth-order valence-electron chi connectivity index (χ4n) is 3.87. The van der Waals surface area contributed by atoms with Crippen LogP contribution in [0.1, 0.15) is 169 Å². The zero-order chi connectivity index (χ0) is 41.5. The van der Waals surface area contributed by atoms with Crippen LogP contribution in [0.5, 0.6) is 0 Å². The van der Waals surface area contributed by atoms with E-state index in [0.29, 0.717) is 58.2 Å². The number of nitrogens with two attached hydrogens (primary N) is 1. The second-order valence-corrected chi connectivity index (χ2v) is 12.3. The van der Waals surface area contributed by atoms with Crippen LogP contribution in [0.25, 0.3) is 0 Å². The fraction of sp³-hybridized carbons (Fsp3) is 0.886. The summed E-state index contributed by atoms with van der Waals surface area (Å²) >= 11 is 0. The predicted molar refractivity (Wildman–Crippen MR) is 248 cm³/mol. The number of carboxylic acids is 2. The molecule has 0 radical (unpaired) electrons. The number of quaternary nitrogens is 1. The molecule has 0 rings (SSSR count). The molecule has 0 aromatic rings. The highest BCUT2D eigenvalue weighted by Gasteiger charge is 2.07. The molecule has 0 unspecified atom stereocenters. The van der Waals surface area contributed by atoms with Gasteiger partial charge in [0.25, 0.3) is 0 Å². The molecule has 366 valence electrons. The van der Waals surface area contributed by atoms with Crippen LogP contribution in [0.3, 0.4) is 0 Å². The third kappa shape index (κ3) is 102. The quantitative estimate of drug-likeness (QED) is 0.0401. The largest absolute Gasteiger partial charge is 0.550 e.